The molecule has 0 radical (unpaired) electrons. The standard InChI is InChI=1S/C14H17N3O2/c1-11(16-14(19)17-9-8-15-10-17)2-3-12-4-6-13(18)7-5-12/h4-11,18H,2-3H2,1H3,(H,16,19). The fraction of sp³-hybridized carbons (Fsp3) is 0.286. The molecule has 0 saturated carbocycles. The van der Waals surface area contributed by atoms with Gasteiger partial charge in [-0.3, -0.25) is 4.57 Å². The summed E-state index contributed by atoms with van der Waals surface area (Å²) in [6, 6.07) is 7.02. The molecule has 0 fully saturated rings. The van der Waals surface area contributed by atoms with Crippen molar-refractivity contribution in [3.63, 3.8) is 0 Å². The van der Waals surface area contributed by atoms with Gasteiger partial charge in [-0.15, -0.1) is 0 Å². The van der Waals surface area contributed by atoms with Crippen LogP contribution < -0.4 is 5.32 Å². The van der Waals surface area contributed by atoms with E-state index in [-0.39, 0.29) is 17.8 Å². The molecular formula is C14H17N3O2. The maximum absolute atomic E-state index is 11.8. The summed E-state index contributed by atoms with van der Waals surface area (Å²) in [6.07, 6.45) is 6.35. The number of rotatable bonds is 4. The number of nitrogens with zero attached hydrogens (tertiary/aromatic N) is 2. The van der Waals surface area contributed by atoms with Crippen LogP contribution in [-0.2, 0) is 6.42 Å². The second kappa shape index (κ2) is 6.04. The van der Waals surface area contributed by atoms with E-state index in [9.17, 15) is 9.90 Å². The molecule has 0 bridgehead atoms. The lowest BCUT2D eigenvalue weighted by atomic mass is 10.1. The van der Waals surface area contributed by atoms with Gasteiger partial charge in [0.25, 0.3) is 0 Å². The van der Waals surface area contributed by atoms with Crippen LogP contribution in [0.3, 0.4) is 0 Å². The average molecular weight is 259 g/mol. The van der Waals surface area contributed by atoms with Crippen molar-refractivity contribution in [1.82, 2.24) is 14.9 Å². The molecule has 100 valence electrons. The Bertz CT molecular complexity index is 520. The summed E-state index contributed by atoms with van der Waals surface area (Å²) < 4.78 is 1.41. The zero-order chi connectivity index (χ0) is 13.7. The molecule has 2 N–H and O–H groups in total. The molecule has 0 saturated heterocycles. The van der Waals surface area contributed by atoms with Crippen molar-refractivity contribution >= 4 is 6.03 Å². The molecule has 19 heavy (non-hydrogen) atoms. The zero-order valence-electron chi connectivity index (χ0n) is 10.8. The van der Waals surface area contributed by atoms with E-state index in [0.717, 1.165) is 18.4 Å². The Morgan fingerprint density at radius 2 is 2.16 bits per heavy atom. The Labute approximate surface area is 111 Å². The lowest BCUT2D eigenvalue weighted by molar-refractivity contribution is 0.238. The van der Waals surface area contributed by atoms with Crippen LogP contribution in [0.25, 0.3) is 0 Å². The Morgan fingerprint density at radius 3 is 2.79 bits per heavy atom. The summed E-state index contributed by atoms with van der Waals surface area (Å²) in [6.45, 7) is 1.97. The van der Waals surface area contributed by atoms with Crippen molar-refractivity contribution in [2.75, 3.05) is 0 Å². The second-order valence-electron chi connectivity index (χ2n) is 4.53. The first kappa shape index (κ1) is 13.1. The molecule has 2 rings (SSSR count). The molecule has 5 nitrogen and oxygen atoms in total. The number of carbonyl (C=O) groups excluding carboxylic acids is 1. The van der Waals surface area contributed by atoms with Gasteiger partial charge < -0.3 is 10.4 Å². The van der Waals surface area contributed by atoms with Crippen LogP contribution in [0.15, 0.2) is 43.0 Å². The van der Waals surface area contributed by atoms with Crippen LogP contribution in [-0.4, -0.2) is 26.7 Å². The molecule has 1 aromatic carbocycles. The predicted molar refractivity (Wildman–Crippen MR) is 72.0 cm³/mol. The topological polar surface area (TPSA) is 67.2 Å². The van der Waals surface area contributed by atoms with Crippen LogP contribution >= 0.6 is 0 Å². The highest BCUT2D eigenvalue weighted by molar-refractivity contribution is 5.76. The Morgan fingerprint density at radius 1 is 1.42 bits per heavy atom. The third-order valence-electron chi connectivity index (χ3n) is 2.91. The molecule has 1 heterocycles. The number of hydrogen-bond acceptors (Lipinski definition) is 3. The van der Waals surface area contributed by atoms with E-state index in [1.165, 1.54) is 10.9 Å². The molecule has 1 unspecified atom stereocenters. The van der Waals surface area contributed by atoms with E-state index in [1.54, 1.807) is 24.5 Å². The number of benzene rings is 1. The van der Waals surface area contributed by atoms with Crippen LogP contribution in [0.2, 0.25) is 0 Å². The normalized spacial score (nSPS) is 12.1. The fourth-order valence-electron chi connectivity index (χ4n) is 1.78. The summed E-state index contributed by atoms with van der Waals surface area (Å²) in [5.41, 5.74) is 1.14. The number of aromatic hydroxyl groups is 1. The number of aromatic nitrogens is 2. The first-order valence-electron chi connectivity index (χ1n) is 6.22. The minimum absolute atomic E-state index is 0.0729. The minimum Gasteiger partial charge on any atom is -0.508 e. The summed E-state index contributed by atoms with van der Waals surface area (Å²) in [5.74, 6) is 0.269. The zero-order valence-corrected chi connectivity index (χ0v) is 10.8. The molecule has 1 aromatic heterocycles. The molecule has 1 amide bonds. The maximum atomic E-state index is 11.8. The van der Waals surface area contributed by atoms with Crippen LogP contribution in [0.5, 0.6) is 5.75 Å². The van der Waals surface area contributed by atoms with Gasteiger partial charge in [0.15, 0.2) is 0 Å². The van der Waals surface area contributed by atoms with E-state index in [2.05, 4.69) is 10.3 Å². The summed E-state index contributed by atoms with van der Waals surface area (Å²) in [7, 11) is 0. The minimum atomic E-state index is -0.171. The first-order chi connectivity index (χ1) is 9.15. The van der Waals surface area contributed by atoms with Gasteiger partial charge in [-0.25, -0.2) is 9.78 Å². The number of imidazole rings is 1. The van der Waals surface area contributed by atoms with Crippen molar-refractivity contribution in [1.29, 1.82) is 0 Å². The lowest BCUT2D eigenvalue weighted by Crippen LogP contribution is -2.35. The van der Waals surface area contributed by atoms with E-state index < -0.39 is 0 Å². The molecular weight excluding hydrogens is 242 g/mol. The number of hydrogen-bond donors (Lipinski definition) is 2. The smallest absolute Gasteiger partial charge is 0.327 e. The monoisotopic (exact) mass is 259 g/mol. The predicted octanol–water partition coefficient (Wildman–Crippen LogP) is 2.17. The number of phenolic OH excluding ortho intramolecular Hbond substituents is 1. The van der Waals surface area contributed by atoms with E-state index in [4.69, 9.17) is 0 Å². The third kappa shape index (κ3) is 3.84. The highest BCUT2D eigenvalue weighted by atomic mass is 16.3. The number of aryl methyl sites for hydroxylation is 1. The lowest BCUT2D eigenvalue weighted by Gasteiger charge is -2.13. The quantitative estimate of drug-likeness (QED) is 0.884. The summed E-state index contributed by atoms with van der Waals surface area (Å²) >= 11 is 0. The SMILES string of the molecule is CC(CCc1ccc(O)cc1)NC(=O)n1ccnc1. The molecule has 1 atom stereocenters. The van der Waals surface area contributed by atoms with Gasteiger partial charge in [-0.1, -0.05) is 12.1 Å². The maximum Gasteiger partial charge on any atom is 0.327 e. The Balaban J connectivity index is 1.80. The van der Waals surface area contributed by atoms with Crippen molar-refractivity contribution in [3.05, 3.63) is 48.5 Å². The van der Waals surface area contributed by atoms with Crippen LogP contribution in [0.4, 0.5) is 4.79 Å². The third-order valence-corrected chi connectivity index (χ3v) is 2.91. The van der Waals surface area contributed by atoms with Crippen LogP contribution in [0.1, 0.15) is 18.9 Å². The molecule has 0 aliphatic carbocycles. The molecule has 2 aromatic rings. The summed E-state index contributed by atoms with van der Waals surface area (Å²) in [5, 5.41) is 12.1. The van der Waals surface area contributed by atoms with E-state index >= 15 is 0 Å². The van der Waals surface area contributed by atoms with Gasteiger partial charge in [-0.2, -0.15) is 0 Å². The molecule has 5 heteroatoms. The number of carbonyl (C=O) groups is 1. The van der Waals surface area contributed by atoms with Crippen LogP contribution in [0, 0.1) is 0 Å². The highest BCUT2D eigenvalue weighted by Crippen LogP contribution is 2.11. The van der Waals surface area contributed by atoms with E-state index in [1.807, 2.05) is 19.1 Å². The van der Waals surface area contributed by atoms with Gasteiger partial charge in [-0.05, 0) is 37.5 Å². The first-order valence-corrected chi connectivity index (χ1v) is 6.22. The van der Waals surface area contributed by atoms with Gasteiger partial charge in [0.1, 0.15) is 12.1 Å². The summed E-state index contributed by atoms with van der Waals surface area (Å²) in [4.78, 5) is 15.6. The number of amides is 1. The molecule has 0 aliphatic heterocycles. The Hall–Kier alpha value is -2.30. The largest absolute Gasteiger partial charge is 0.508 e. The van der Waals surface area contributed by atoms with Gasteiger partial charge >= 0.3 is 6.03 Å². The molecule has 0 aliphatic rings. The highest BCUT2D eigenvalue weighted by Gasteiger charge is 2.08. The average Bonchev–Trinajstić information content (AvgIpc) is 2.92. The Kier molecular flexibility index (Phi) is 4.18. The van der Waals surface area contributed by atoms with Gasteiger partial charge in [0.05, 0.1) is 0 Å². The van der Waals surface area contributed by atoms with E-state index in [0.29, 0.717) is 0 Å². The number of nitrogens with one attached hydrogen (secondary N) is 1. The fourth-order valence-corrected chi connectivity index (χ4v) is 1.78. The number of phenols is 1. The van der Waals surface area contributed by atoms with Crippen molar-refractivity contribution in [2.45, 2.75) is 25.8 Å². The second-order valence-corrected chi connectivity index (χ2v) is 4.53. The van der Waals surface area contributed by atoms with Gasteiger partial charge in [0.2, 0.25) is 0 Å². The van der Waals surface area contributed by atoms with Crippen molar-refractivity contribution in [2.24, 2.45) is 0 Å². The van der Waals surface area contributed by atoms with Crippen molar-refractivity contribution in [3.8, 4) is 5.75 Å². The van der Waals surface area contributed by atoms with Crippen molar-refractivity contribution < 1.29 is 9.90 Å². The molecule has 0 spiro atoms. The van der Waals surface area contributed by atoms with Gasteiger partial charge in [0, 0.05) is 18.4 Å².